The molecule has 0 aromatic heterocycles. The number of imide groups is 1. The number of carbonyl (C=O) groups is 3. The number of aryl methyl sites for hydroxylation is 2. The molecule has 0 spiro atoms. The van der Waals surface area contributed by atoms with Crippen LogP contribution < -0.4 is 10.1 Å². The molecule has 0 radical (unpaired) electrons. The molecule has 2 aromatic rings. The summed E-state index contributed by atoms with van der Waals surface area (Å²) < 4.78 is 10.1. The molecule has 0 heterocycles. The highest BCUT2D eigenvalue weighted by Gasteiger charge is 2.16. The summed E-state index contributed by atoms with van der Waals surface area (Å²) in [6.45, 7) is -0.509. The summed E-state index contributed by atoms with van der Waals surface area (Å²) in [6.07, 6.45) is 4.59. The Bertz CT molecular complexity index is 890. The van der Waals surface area contributed by atoms with E-state index in [1.54, 1.807) is 24.3 Å². The van der Waals surface area contributed by atoms with Crippen LogP contribution in [-0.4, -0.2) is 31.5 Å². The highest BCUT2D eigenvalue weighted by atomic mass is 16.5. The van der Waals surface area contributed by atoms with Crippen molar-refractivity contribution >= 4 is 17.8 Å². The lowest BCUT2D eigenvalue weighted by Gasteiger charge is -2.16. The first kappa shape index (κ1) is 19.6. The van der Waals surface area contributed by atoms with E-state index in [1.165, 1.54) is 31.1 Å². The first-order valence-electron chi connectivity index (χ1n) is 9.30. The Morgan fingerprint density at radius 1 is 1.00 bits per heavy atom. The first-order chi connectivity index (χ1) is 13.6. The van der Waals surface area contributed by atoms with Crippen LogP contribution in [0.5, 0.6) is 5.75 Å². The zero-order valence-electron chi connectivity index (χ0n) is 15.8. The molecule has 3 rings (SSSR count). The van der Waals surface area contributed by atoms with Gasteiger partial charge in [-0.1, -0.05) is 30.3 Å². The van der Waals surface area contributed by atoms with Crippen LogP contribution in [0.1, 0.15) is 39.9 Å². The van der Waals surface area contributed by atoms with Crippen LogP contribution in [-0.2, 0) is 33.6 Å². The van der Waals surface area contributed by atoms with Crippen molar-refractivity contribution in [1.82, 2.24) is 5.32 Å². The molecule has 6 nitrogen and oxygen atoms in total. The second-order valence-corrected chi connectivity index (χ2v) is 6.73. The average Bonchev–Trinajstić information content (AvgIpc) is 2.72. The molecule has 146 valence electrons. The summed E-state index contributed by atoms with van der Waals surface area (Å²) in [7, 11) is 1.44. The fourth-order valence-corrected chi connectivity index (χ4v) is 3.32. The van der Waals surface area contributed by atoms with Crippen LogP contribution in [0.15, 0.2) is 42.5 Å². The van der Waals surface area contributed by atoms with E-state index in [2.05, 4.69) is 11.4 Å². The number of ether oxygens (including phenoxy) is 2. The second kappa shape index (κ2) is 9.17. The van der Waals surface area contributed by atoms with Crippen molar-refractivity contribution in [2.24, 2.45) is 0 Å². The molecule has 0 saturated heterocycles. The molecular weight excluding hydrogens is 358 g/mol. The van der Waals surface area contributed by atoms with Crippen molar-refractivity contribution in [3.63, 3.8) is 0 Å². The molecule has 1 aliphatic carbocycles. The summed E-state index contributed by atoms with van der Waals surface area (Å²) in [5.41, 5.74) is 3.74. The van der Waals surface area contributed by atoms with Crippen molar-refractivity contribution in [3.05, 3.63) is 64.7 Å². The average molecular weight is 381 g/mol. The van der Waals surface area contributed by atoms with Crippen LogP contribution >= 0.6 is 0 Å². The van der Waals surface area contributed by atoms with Crippen molar-refractivity contribution < 1.29 is 23.9 Å². The smallest absolute Gasteiger partial charge is 0.310 e. The quantitative estimate of drug-likeness (QED) is 0.778. The topological polar surface area (TPSA) is 81.7 Å². The van der Waals surface area contributed by atoms with Gasteiger partial charge in [0.2, 0.25) is 0 Å². The summed E-state index contributed by atoms with van der Waals surface area (Å²) >= 11 is 0. The lowest BCUT2D eigenvalue weighted by molar-refractivity contribution is -0.147. The zero-order chi connectivity index (χ0) is 19.9. The predicted molar refractivity (Wildman–Crippen MR) is 103 cm³/mol. The fourth-order valence-electron chi connectivity index (χ4n) is 3.32. The van der Waals surface area contributed by atoms with E-state index in [4.69, 9.17) is 9.47 Å². The standard InChI is InChI=1S/C22H23NO5/c1-27-19-9-5-4-8-18(19)22(26)23-20(24)14-28-21(25)13-15-10-11-16-6-2-3-7-17(16)12-15/h4-5,8-12H,2-3,6-7,13-14H2,1H3,(H,23,24,26). The number of rotatable bonds is 6. The Morgan fingerprint density at radius 2 is 1.75 bits per heavy atom. The molecule has 1 aliphatic rings. The number of carbonyl (C=O) groups excluding carboxylic acids is 3. The maximum Gasteiger partial charge on any atom is 0.310 e. The van der Waals surface area contributed by atoms with Crippen molar-refractivity contribution in [2.45, 2.75) is 32.1 Å². The van der Waals surface area contributed by atoms with E-state index >= 15 is 0 Å². The first-order valence-corrected chi connectivity index (χ1v) is 9.30. The summed E-state index contributed by atoms with van der Waals surface area (Å²) in [6, 6.07) is 12.6. The lowest BCUT2D eigenvalue weighted by Crippen LogP contribution is -2.34. The SMILES string of the molecule is COc1ccccc1C(=O)NC(=O)COC(=O)Cc1ccc2c(c1)CCCC2. The van der Waals surface area contributed by atoms with Crippen LogP contribution in [0.4, 0.5) is 0 Å². The third kappa shape index (κ3) is 4.97. The van der Waals surface area contributed by atoms with Crippen LogP contribution in [0.3, 0.4) is 0 Å². The van der Waals surface area contributed by atoms with Gasteiger partial charge in [0.25, 0.3) is 11.8 Å². The Labute approximate surface area is 163 Å². The number of hydrogen-bond acceptors (Lipinski definition) is 5. The highest BCUT2D eigenvalue weighted by molar-refractivity contribution is 6.06. The van der Waals surface area contributed by atoms with Gasteiger partial charge in [0.05, 0.1) is 19.1 Å². The van der Waals surface area contributed by atoms with Gasteiger partial charge in [0.1, 0.15) is 5.75 Å². The number of hydrogen-bond donors (Lipinski definition) is 1. The van der Waals surface area contributed by atoms with E-state index < -0.39 is 24.4 Å². The second-order valence-electron chi connectivity index (χ2n) is 6.73. The molecule has 0 fully saturated rings. The third-order valence-corrected chi connectivity index (χ3v) is 4.73. The molecule has 28 heavy (non-hydrogen) atoms. The molecule has 2 aromatic carbocycles. The van der Waals surface area contributed by atoms with E-state index in [0.29, 0.717) is 5.75 Å². The Morgan fingerprint density at radius 3 is 2.54 bits per heavy atom. The molecule has 6 heteroatoms. The normalized spacial score (nSPS) is 12.6. The van der Waals surface area contributed by atoms with Gasteiger partial charge in [-0.3, -0.25) is 19.7 Å². The molecule has 0 aliphatic heterocycles. The van der Waals surface area contributed by atoms with Crippen molar-refractivity contribution in [1.29, 1.82) is 0 Å². The van der Waals surface area contributed by atoms with Gasteiger partial charge in [0.15, 0.2) is 6.61 Å². The maximum absolute atomic E-state index is 12.2. The fraction of sp³-hybridized carbons (Fsp3) is 0.318. The highest BCUT2D eigenvalue weighted by Crippen LogP contribution is 2.22. The van der Waals surface area contributed by atoms with Crippen LogP contribution in [0.2, 0.25) is 0 Å². The molecular formula is C22H23NO5. The third-order valence-electron chi connectivity index (χ3n) is 4.73. The van der Waals surface area contributed by atoms with Gasteiger partial charge < -0.3 is 9.47 Å². The van der Waals surface area contributed by atoms with Crippen molar-refractivity contribution in [2.75, 3.05) is 13.7 Å². The number of esters is 1. The van der Waals surface area contributed by atoms with Gasteiger partial charge in [-0.05, 0) is 54.5 Å². The van der Waals surface area contributed by atoms with Gasteiger partial charge in [-0.25, -0.2) is 0 Å². The van der Waals surface area contributed by atoms with E-state index in [0.717, 1.165) is 18.4 Å². The minimum Gasteiger partial charge on any atom is -0.496 e. The number of nitrogens with one attached hydrogen (secondary N) is 1. The summed E-state index contributed by atoms with van der Waals surface area (Å²) in [4.78, 5) is 36.1. The Balaban J connectivity index is 1.49. The van der Waals surface area contributed by atoms with Gasteiger partial charge in [-0.15, -0.1) is 0 Å². The van der Waals surface area contributed by atoms with Gasteiger partial charge >= 0.3 is 5.97 Å². The molecule has 2 amide bonds. The minimum atomic E-state index is -0.685. The number of para-hydroxylation sites is 1. The number of fused-ring (bicyclic) bond motifs is 1. The molecule has 1 N–H and O–H groups in total. The predicted octanol–water partition coefficient (Wildman–Crippen LogP) is 2.62. The van der Waals surface area contributed by atoms with Crippen LogP contribution in [0.25, 0.3) is 0 Å². The number of amides is 2. The summed E-state index contributed by atoms with van der Waals surface area (Å²) in [5, 5.41) is 2.20. The maximum atomic E-state index is 12.2. The van der Waals surface area contributed by atoms with E-state index in [9.17, 15) is 14.4 Å². The number of methoxy groups -OCH3 is 1. The Kier molecular flexibility index (Phi) is 6.42. The monoisotopic (exact) mass is 381 g/mol. The number of benzene rings is 2. The van der Waals surface area contributed by atoms with Crippen LogP contribution in [0, 0.1) is 0 Å². The zero-order valence-corrected chi connectivity index (χ0v) is 15.8. The van der Waals surface area contributed by atoms with Crippen molar-refractivity contribution in [3.8, 4) is 5.75 Å². The van der Waals surface area contributed by atoms with Gasteiger partial charge in [0, 0.05) is 0 Å². The molecule has 0 atom stereocenters. The molecule has 0 saturated carbocycles. The van der Waals surface area contributed by atoms with E-state index in [1.807, 2.05) is 12.1 Å². The van der Waals surface area contributed by atoms with E-state index in [-0.39, 0.29) is 12.0 Å². The summed E-state index contributed by atoms with van der Waals surface area (Å²) in [5.74, 6) is -1.43. The lowest BCUT2D eigenvalue weighted by atomic mass is 9.90. The molecule has 0 bridgehead atoms. The molecule has 0 unspecified atom stereocenters. The minimum absolute atomic E-state index is 0.0982. The largest absolute Gasteiger partial charge is 0.496 e. The van der Waals surface area contributed by atoms with Gasteiger partial charge in [-0.2, -0.15) is 0 Å². The Hall–Kier alpha value is -3.15.